The van der Waals surface area contributed by atoms with Crippen molar-refractivity contribution in [2.45, 2.75) is 25.8 Å². The average Bonchev–Trinajstić information content (AvgIpc) is 3.30. The first kappa shape index (κ1) is 15.1. The Bertz CT molecular complexity index is 869. The normalized spacial score (nSPS) is 17.6. The van der Waals surface area contributed by atoms with Crippen molar-refractivity contribution in [3.05, 3.63) is 39.8 Å². The van der Waals surface area contributed by atoms with E-state index < -0.39 is 0 Å². The molecule has 0 saturated carbocycles. The number of rotatable bonds is 3. The van der Waals surface area contributed by atoms with Crippen molar-refractivity contribution in [2.75, 3.05) is 18.6 Å². The lowest BCUT2D eigenvalue weighted by Crippen LogP contribution is -2.22. The number of thiazole rings is 1. The monoisotopic (exact) mass is 343 g/mol. The largest absolute Gasteiger partial charge is 0.464 e. The summed E-state index contributed by atoms with van der Waals surface area (Å²) in [5, 5.41) is 0.910. The average molecular weight is 343 g/mol. The first-order valence-electron chi connectivity index (χ1n) is 7.85. The Kier molecular flexibility index (Phi) is 3.72. The van der Waals surface area contributed by atoms with Crippen LogP contribution < -0.4 is 4.90 Å². The number of carbonyl (C=O) groups excluding carboxylic acids is 1. The van der Waals surface area contributed by atoms with Crippen molar-refractivity contribution >= 4 is 34.4 Å². The summed E-state index contributed by atoms with van der Waals surface area (Å²) in [7, 11) is 1.38. The van der Waals surface area contributed by atoms with Gasteiger partial charge in [0.1, 0.15) is 10.5 Å². The molecular formula is C17H17N3O3S. The van der Waals surface area contributed by atoms with E-state index in [1.165, 1.54) is 18.4 Å². The fourth-order valence-corrected chi connectivity index (χ4v) is 4.14. The highest BCUT2D eigenvalue weighted by Crippen LogP contribution is 2.39. The molecule has 0 radical (unpaired) electrons. The van der Waals surface area contributed by atoms with Gasteiger partial charge in [0.15, 0.2) is 11.3 Å². The summed E-state index contributed by atoms with van der Waals surface area (Å²) in [6, 6.07) is 8.44. The molecule has 3 heterocycles. The van der Waals surface area contributed by atoms with Gasteiger partial charge in [-0.15, -0.1) is 11.3 Å². The lowest BCUT2D eigenvalue weighted by molar-refractivity contribution is 0.0594. The van der Waals surface area contributed by atoms with Crippen molar-refractivity contribution in [1.82, 2.24) is 9.97 Å². The Morgan fingerprint density at radius 1 is 1.38 bits per heavy atom. The number of benzene rings is 1. The van der Waals surface area contributed by atoms with Crippen LogP contribution in [0.1, 0.15) is 39.3 Å². The quantitative estimate of drug-likeness (QED) is 0.675. The third-order valence-corrected chi connectivity index (χ3v) is 5.33. The molecule has 0 amide bonds. The smallest absolute Gasteiger partial charge is 0.357 e. The van der Waals surface area contributed by atoms with E-state index in [4.69, 9.17) is 9.15 Å². The van der Waals surface area contributed by atoms with E-state index in [9.17, 15) is 4.79 Å². The van der Waals surface area contributed by atoms with Crippen LogP contribution in [0.15, 0.2) is 28.7 Å². The van der Waals surface area contributed by atoms with Crippen LogP contribution in [0.5, 0.6) is 0 Å². The zero-order valence-corrected chi connectivity index (χ0v) is 14.3. The van der Waals surface area contributed by atoms with Crippen molar-refractivity contribution in [3.8, 4) is 0 Å². The van der Waals surface area contributed by atoms with E-state index in [0.29, 0.717) is 11.7 Å². The number of anilines is 1. The van der Waals surface area contributed by atoms with Crippen LogP contribution in [0.3, 0.4) is 0 Å². The number of fused-ring (bicyclic) bond motifs is 1. The number of nitrogens with zero attached hydrogens (tertiary/aromatic N) is 3. The van der Waals surface area contributed by atoms with E-state index in [1.54, 1.807) is 0 Å². The Morgan fingerprint density at radius 3 is 3.00 bits per heavy atom. The van der Waals surface area contributed by atoms with Gasteiger partial charge in [-0.25, -0.2) is 9.78 Å². The molecule has 1 aromatic carbocycles. The van der Waals surface area contributed by atoms with E-state index in [1.807, 2.05) is 31.2 Å². The van der Waals surface area contributed by atoms with Crippen LogP contribution in [-0.2, 0) is 4.74 Å². The van der Waals surface area contributed by atoms with Crippen LogP contribution in [0, 0.1) is 6.92 Å². The summed E-state index contributed by atoms with van der Waals surface area (Å²) in [6.45, 7) is 2.76. The van der Waals surface area contributed by atoms with Gasteiger partial charge in [-0.3, -0.25) is 0 Å². The standard InChI is InChI=1S/C17H17N3O3S/c1-10-14(16(21)22-2)19-15(24-10)12-7-5-9-20(12)17-18-11-6-3-4-8-13(11)23-17/h3-4,6,8,12H,5,7,9H2,1-2H3/t12-/m0/s1. The number of aryl methyl sites for hydroxylation is 1. The topological polar surface area (TPSA) is 68.5 Å². The molecule has 7 heteroatoms. The van der Waals surface area contributed by atoms with Gasteiger partial charge >= 0.3 is 5.97 Å². The summed E-state index contributed by atoms with van der Waals surface area (Å²) >= 11 is 1.54. The number of aromatic nitrogens is 2. The predicted molar refractivity (Wildman–Crippen MR) is 91.5 cm³/mol. The molecule has 124 valence electrons. The van der Waals surface area contributed by atoms with Gasteiger partial charge in [-0.1, -0.05) is 12.1 Å². The molecule has 0 unspecified atom stereocenters. The second-order valence-electron chi connectivity index (χ2n) is 5.76. The lowest BCUT2D eigenvalue weighted by Gasteiger charge is -2.20. The molecule has 1 aliphatic heterocycles. The molecule has 1 atom stereocenters. The predicted octanol–water partition coefficient (Wildman–Crippen LogP) is 3.72. The third-order valence-electron chi connectivity index (χ3n) is 4.26. The van der Waals surface area contributed by atoms with Crippen LogP contribution in [-0.4, -0.2) is 29.6 Å². The zero-order chi connectivity index (χ0) is 16.7. The second-order valence-corrected chi connectivity index (χ2v) is 7.00. The molecule has 1 fully saturated rings. The van der Waals surface area contributed by atoms with Crippen LogP contribution in [0.2, 0.25) is 0 Å². The van der Waals surface area contributed by atoms with Gasteiger partial charge in [-0.05, 0) is 31.9 Å². The maximum Gasteiger partial charge on any atom is 0.357 e. The number of para-hydroxylation sites is 2. The van der Waals surface area contributed by atoms with Crippen molar-refractivity contribution in [3.63, 3.8) is 0 Å². The summed E-state index contributed by atoms with van der Waals surface area (Å²) < 4.78 is 10.7. The molecule has 1 aliphatic rings. The minimum absolute atomic E-state index is 0.0835. The summed E-state index contributed by atoms with van der Waals surface area (Å²) in [5.41, 5.74) is 2.04. The molecule has 0 bridgehead atoms. The Morgan fingerprint density at radius 2 is 2.21 bits per heavy atom. The number of carbonyl (C=O) groups is 1. The number of ether oxygens (including phenoxy) is 1. The minimum Gasteiger partial charge on any atom is -0.464 e. The Hall–Kier alpha value is -2.41. The Balaban J connectivity index is 1.69. The number of hydrogen-bond donors (Lipinski definition) is 0. The number of hydrogen-bond acceptors (Lipinski definition) is 7. The SMILES string of the molecule is COC(=O)c1nc([C@@H]2CCCN2c2nc3ccccc3o2)sc1C. The highest BCUT2D eigenvalue weighted by Gasteiger charge is 2.33. The molecule has 3 aromatic rings. The molecule has 0 spiro atoms. The van der Waals surface area contributed by atoms with E-state index in [-0.39, 0.29) is 12.0 Å². The van der Waals surface area contributed by atoms with Crippen LogP contribution in [0.4, 0.5) is 6.01 Å². The molecule has 24 heavy (non-hydrogen) atoms. The first-order chi connectivity index (χ1) is 11.7. The lowest BCUT2D eigenvalue weighted by atomic mass is 10.2. The van der Waals surface area contributed by atoms with E-state index in [2.05, 4.69) is 14.9 Å². The van der Waals surface area contributed by atoms with Gasteiger partial charge in [0, 0.05) is 11.4 Å². The zero-order valence-electron chi connectivity index (χ0n) is 13.5. The maximum absolute atomic E-state index is 11.8. The van der Waals surface area contributed by atoms with Gasteiger partial charge in [-0.2, -0.15) is 4.98 Å². The summed E-state index contributed by atoms with van der Waals surface area (Å²) in [6.07, 6.45) is 2.00. The van der Waals surface area contributed by atoms with E-state index in [0.717, 1.165) is 40.4 Å². The number of oxazole rings is 1. The second kappa shape index (κ2) is 5.90. The summed E-state index contributed by atoms with van der Waals surface area (Å²) in [4.78, 5) is 23.9. The fourth-order valence-electron chi connectivity index (χ4n) is 3.08. The van der Waals surface area contributed by atoms with Gasteiger partial charge in [0.2, 0.25) is 0 Å². The first-order valence-corrected chi connectivity index (χ1v) is 8.67. The van der Waals surface area contributed by atoms with Crippen LogP contribution in [0.25, 0.3) is 11.1 Å². The minimum atomic E-state index is -0.388. The fraction of sp³-hybridized carbons (Fsp3) is 0.353. The van der Waals surface area contributed by atoms with Crippen molar-refractivity contribution < 1.29 is 13.9 Å². The molecule has 4 rings (SSSR count). The van der Waals surface area contributed by atoms with Gasteiger partial charge in [0.25, 0.3) is 6.01 Å². The van der Waals surface area contributed by atoms with Crippen LogP contribution >= 0.6 is 11.3 Å². The highest BCUT2D eigenvalue weighted by molar-refractivity contribution is 7.12. The van der Waals surface area contributed by atoms with Crippen molar-refractivity contribution in [2.24, 2.45) is 0 Å². The molecule has 2 aromatic heterocycles. The van der Waals surface area contributed by atoms with Crippen molar-refractivity contribution in [1.29, 1.82) is 0 Å². The molecule has 0 aliphatic carbocycles. The molecular weight excluding hydrogens is 326 g/mol. The van der Waals surface area contributed by atoms with Gasteiger partial charge in [0.05, 0.1) is 13.2 Å². The van der Waals surface area contributed by atoms with E-state index >= 15 is 0 Å². The summed E-state index contributed by atoms with van der Waals surface area (Å²) in [5.74, 6) is -0.388. The van der Waals surface area contributed by atoms with Gasteiger partial charge < -0.3 is 14.1 Å². The molecule has 1 saturated heterocycles. The highest BCUT2D eigenvalue weighted by atomic mass is 32.1. The number of methoxy groups -OCH3 is 1. The molecule has 6 nitrogen and oxygen atoms in total. The maximum atomic E-state index is 11.8. The third kappa shape index (κ3) is 2.45. The number of esters is 1. The molecule has 0 N–H and O–H groups in total. The Labute approximate surface area is 143 Å².